The highest BCUT2D eigenvalue weighted by atomic mass is 19.1. The van der Waals surface area contributed by atoms with Crippen LogP contribution < -0.4 is 10.6 Å². The highest BCUT2D eigenvalue weighted by molar-refractivity contribution is 5.99. The Morgan fingerprint density at radius 2 is 1.75 bits per heavy atom. The van der Waals surface area contributed by atoms with Gasteiger partial charge < -0.3 is 10.6 Å². The molecule has 2 amide bonds. The second-order valence-electron chi connectivity index (χ2n) is 5.29. The van der Waals surface area contributed by atoms with Gasteiger partial charge in [0.05, 0.1) is 6.07 Å². The van der Waals surface area contributed by atoms with Gasteiger partial charge in [-0.2, -0.15) is 5.26 Å². The first kappa shape index (κ1) is 17.2. The Bertz CT molecular complexity index is 769. The van der Waals surface area contributed by atoms with Crippen LogP contribution in [0, 0.1) is 17.1 Å². The lowest BCUT2D eigenvalue weighted by Crippen LogP contribution is -2.54. The summed E-state index contributed by atoms with van der Waals surface area (Å²) in [5.74, 6) is -1.46. The summed E-state index contributed by atoms with van der Waals surface area (Å²) in [6.45, 7) is 1.31. The molecule has 2 aromatic carbocycles. The molecule has 1 unspecified atom stereocenters. The number of amides is 2. The van der Waals surface area contributed by atoms with Crippen molar-refractivity contribution in [1.82, 2.24) is 10.6 Å². The predicted octanol–water partition coefficient (Wildman–Crippen LogP) is 2.11. The summed E-state index contributed by atoms with van der Waals surface area (Å²) in [6, 6.07) is 15.5. The van der Waals surface area contributed by atoms with Gasteiger partial charge in [0.25, 0.3) is 11.8 Å². The third kappa shape index (κ3) is 3.76. The maximum Gasteiger partial charge on any atom is 0.252 e. The first-order valence-electron chi connectivity index (χ1n) is 7.26. The Balaban J connectivity index is 2.35. The average Bonchev–Trinajstić information content (AvgIpc) is 2.60. The highest BCUT2D eigenvalue weighted by Gasteiger charge is 2.37. The molecule has 24 heavy (non-hydrogen) atoms. The summed E-state index contributed by atoms with van der Waals surface area (Å²) in [7, 11) is 0. The van der Waals surface area contributed by atoms with Gasteiger partial charge in [-0.3, -0.25) is 9.59 Å². The molecule has 0 aliphatic rings. The van der Waals surface area contributed by atoms with E-state index in [0.29, 0.717) is 11.1 Å². The first-order chi connectivity index (χ1) is 11.5. The lowest BCUT2D eigenvalue weighted by Gasteiger charge is -2.30. The molecule has 2 rings (SSSR count). The molecule has 2 N–H and O–H groups in total. The Morgan fingerprint density at radius 3 is 2.33 bits per heavy atom. The van der Waals surface area contributed by atoms with Crippen molar-refractivity contribution in [3.05, 3.63) is 71.5 Å². The average molecular weight is 325 g/mol. The first-order valence-corrected chi connectivity index (χ1v) is 7.26. The predicted molar refractivity (Wildman–Crippen MR) is 86.3 cm³/mol. The van der Waals surface area contributed by atoms with E-state index in [0.717, 1.165) is 0 Å². The van der Waals surface area contributed by atoms with E-state index < -0.39 is 23.2 Å². The van der Waals surface area contributed by atoms with E-state index in [4.69, 9.17) is 5.26 Å². The second kappa shape index (κ2) is 7.38. The van der Waals surface area contributed by atoms with Crippen LogP contribution in [0.15, 0.2) is 54.6 Å². The van der Waals surface area contributed by atoms with E-state index >= 15 is 0 Å². The minimum Gasteiger partial charge on any atom is -0.341 e. The zero-order chi connectivity index (χ0) is 17.6. The van der Waals surface area contributed by atoms with Gasteiger partial charge in [-0.25, -0.2) is 4.39 Å². The van der Waals surface area contributed by atoms with Crippen molar-refractivity contribution in [2.24, 2.45) is 0 Å². The number of halogens is 1. The Morgan fingerprint density at radius 1 is 1.12 bits per heavy atom. The Kier molecular flexibility index (Phi) is 5.27. The molecule has 5 nitrogen and oxygen atoms in total. The molecule has 0 radical (unpaired) electrons. The van der Waals surface area contributed by atoms with Crippen molar-refractivity contribution in [1.29, 1.82) is 5.26 Å². The third-order valence-corrected chi connectivity index (χ3v) is 3.60. The Labute approximate surface area is 139 Å². The quantitative estimate of drug-likeness (QED) is 0.826. The molecule has 0 saturated carbocycles. The molecule has 0 heterocycles. The van der Waals surface area contributed by atoms with E-state index in [2.05, 4.69) is 10.6 Å². The van der Waals surface area contributed by atoms with Crippen molar-refractivity contribution >= 4 is 11.8 Å². The van der Waals surface area contributed by atoms with Gasteiger partial charge in [-0.15, -0.1) is 0 Å². The fraction of sp³-hybridized carbons (Fsp3) is 0.167. The molecule has 2 aromatic rings. The topological polar surface area (TPSA) is 82.0 Å². The lowest BCUT2D eigenvalue weighted by molar-refractivity contribution is -0.126. The van der Waals surface area contributed by atoms with E-state index in [1.165, 1.54) is 31.2 Å². The van der Waals surface area contributed by atoms with Crippen LogP contribution in [0.3, 0.4) is 0 Å². The van der Waals surface area contributed by atoms with Crippen molar-refractivity contribution in [3.63, 3.8) is 0 Å². The zero-order valence-electron chi connectivity index (χ0n) is 13.0. The standard InChI is InChI=1S/C18H16FN3O2/c1-18(17(24)21-12-11-20,14-7-9-15(19)10-8-14)22-16(23)13-5-3-2-4-6-13/h2-10H,12H2,1H3,(H,21,24)(H,22,23). The van der Waals surface area contributed by atoms with Crippen LogP contribution in [0.5, 0.6) is 0 Å². The van der Waals surface area contributed by atoms with Gasteiger partial charge in [-0.1, -0.05) is 30.3 Å². The minimum absolute atomic E-state index is 0.198. The molecule has 0 aromatic heterocycles. The monoisotopic (exact) mass is 325 g/mol. The highest BCUT2D eigenvalue weighted by Crippen LogP contribution is 2.22. The molecule has 1 atom stereocenters. The number of hydrogen-bond donors (Lipinski definition) is 2. The second-order valence-corrected chi connectivity index (χ2v) is 5.29. The number of nitriles is 1. The van der Waals surface area contributed by atoms with Crippen LogP contribution in [-0.2, 0) is 10.3 Å². The molecule has 0 spiro atoms. The van der Waals surface area contributed by atoms with Crippen LogP contribution in [0.25, 0.3) is 0 Å². The molecule has 0 saturated heterocycles. The number of carbonyl (C=O) groups excluding carboxylic acids is 2. The van der Waals surface area contributed by atoms with Crippen LogP contribution in [-0.4, -0.2) is 18.4 Å². The number of rotatable bonds is 5. The lowest BCUT2D eigenvalue weighted by atomic mass is 9.90. The summed E-state index contributed by atoms with van der Waals surface area (Å²) in [4.78, 5) is 25.0. The summed E-state index contributed by atoms with van der Waals surface area (Å²) in [6.07, 6.45) is 0. The smallest absolute Gasteiger partial charge is 0.252 e. The number of nitrogens with zero attached hydrogens (tertiary/aromatic N) is 1. The fourth-order valence-electron chi connectivity index (χ4n) is 2.23. The molecule has 6 heteroatoms. The van der Waals surface area contributed by atoms with Gasteiger partial charge >= 0.3 is 0 Å². The molecule has 0 bridgehead atoms. The van der Waals surface area contributed by atoms with Crippen molar-refractivity contribution < 1.29 is 14.0 Å². The molecule has 0 aliphatic heterocycles. The minimum atomic E-state index is -1.45. The molecular formula is C18H16FN3O2. The maximum absolute atomic E-state index is 13.2. The van der Waals surface area contributed by atoms with Crippen LogP contribution >= 0.6 is 0 Å². The van der Waals surface area contributed by atoms with Crippen LogP contribution in [0.4, 0.5) is 4.39 Å². The van der Waals surface area contributed by atoms with E-state index in [1.54, 1.807) is 30.3 Å². The maximum atomic E-state index is 13.2. The third-order valence-electron chi connectivity index (χ3n) is 3.60. The SMILES string of the molecule is CC(NC(=O)c1ccccc1)(C(=O)NCC#N)c1ccc(F)cc1. The summed E-state index contributed by atoms with van der Waals surface area (Å²) >= 11 is 0. The molecular weight excluding hydrogens is 309 g/mol. The van der Waals surface area contributed by atoms with E-state index in [9.17, 15) is 14.0 Å². The molecule has 0 aliphatic carbocycles. The zero-order valence-corrected chi connectivity index (χ0v) is 13.0. The molecule has 0 fully saturated rings. The fourth-order valence-corrected chi connectivity index (χ4v) is 2.23. The van der Waals surface area contributed by atoms with E-state index in [1.807, 2.05) is 6.07 Å². The number of nitrogens with one attached hydrogen (secondary N) is 2. The largest absolute Gasteiger partial charge is 0.341 e. The number of benzene rings is 2. The van der Waals surface area contributed by atoms with Crippen LogP contribution in [0.2, 0.25) is 0 Å². The van der Waals surface area contributed by atoms with Crippen molar-refractivity contribution in [3.8, 4) is 6.07 Å². The van der Waals surface area contributed by atoms with Gasteiger partial charge in [0, 0.05) is 5.56 Å². The van der Waals surface area contributed by atoms with Crippen molar-refractivity contribution in [2.75, 3.05) is 6.54 Å². The van der Waals surface area contributed by atoms with Crippen molar-refractivity contribution in [2.45, 2.75) is 12.5 Å². The normalized spacial score (nSPS) is 12.5. The summed E-state index contributed by atoms with van der Waals surface area (Å²) in [5, 5.41) is 13.8. The molecule has 122 valence electrons. The Hall–Kier alpha value is -3.20. The van der Waals surface area contributed by atoms with Crippen LogP contribution in [0.1, 0.15) is 22.8 Å². The number of carbonyl (C=O) groups is 2. The van der Waals surface area contributed by atoms with Gasteiger partial charge in [0.15, 0.2) is 0 Å². The number of hydrogen-bond acceptors (Lipinski definition) is 3. The summed E-state index contributed by atoms with van der Waals surface area (Å²) < 4.78 is 13.2. The van der Waals surface area contributed by atoms with Gasteiger partial charge in [0.1, 0.15) is 17.9 Å². The van der Waals surface area contributed by atoms with E-state index in [-0.39, 0.29) is 6.54 Å². The van der Waals surface area contributed by atoms with Gasteiger partial charge in [0.2, 0.25) is 0 Å². The summed E-state index contributed by atoms with van der Waals surface area (Å²) in [5.41, 5.74) is -0.653. The van der Waals surface area contributed by atoms with Gasteiger partial charge in [-0.05, 0) is 36.8 Å².